The molecule has 142 valence electrons. The monoisotopic (exact) mass is 366 g/mol. The normalized spacial score (nSPS) is 13.5. The number of carbonyl (C=O) groups excluding carboxylic acids is 2. The van der Waals surface area contributed by atoms with Crippen LogP contribution in [-0.4, -0.2) is 47.9 Å². The van der Waals surface area contributed by atoms with Gasteiger partial charge < -0.3 is 15.1 Å². The minimum Gasteiger partial charge on any atom is -0.356 e. The third-order valence-electron chi connectivity index (χ3n) is 4.88. The van der Waals surface area contributed by atoms with Crippen LogP contribution in [0.3, 0.4) is 0 Å². The number of pyridine rings is 1. The second-order valence-corrected chi connectivity index (χ2v) is 6.58. The number of hydrogen-bond donors (Lipinski definition) is 1. The van der Waals surface area contributed by atoms with Gasteiger partial charge in [0.1, 0.15) is 5.82 Å². The Hall–Kier alpha value is -2.89. The Morgan fingerprint density at radius 1 is 1.07 bits per heavy atom. The van der Waals surface area contributed by atoms with Crippen LogP contribution < -0.4 is 10.2 Å². The highest BCUT2D eigenvalue weighted by molar-refractivity contribution is 6.07. The molecule has 1 N–H and O–H groups in total. The van der Waals surface area contributed by atoms with Gasteiger partial charge in [-0.1, -0.05) is 0 Å². The van der Waals surface area contributed by atoms with E-state index in [1.165, 1.54) is 0 Å². The van der Waals surface area contributed by atoms with E-state index in [4.69, 9.17) is 0 Å². The summed E-state index contributed by atoms with van der Waals surface area (Å²) in [6, 6.07) is 10.6. The molecule has 0 aliphatic carbocycles. The van der Waals surface area contributed by atoms with Crippen molar-refractivity contribution in [1.29, 1.82) is 0 Å². The molecule has 1 aliphatic heterocycles. The van der Waals surface area contributed by atoms with E-state index in [1.807, 2.05) is 13.8 Å². The van der Waals surface area contributed by atoms with Crippen LogP contribution in [0.5, 0.6) is 0 Å². The Kier molecular flexibility index (Phi) is 6.06. The molecule has 1 aliphatic rings. The minimum atomic E-state index is -0.187. The number of benzene rings is 1. The molecule has 0 saturated carbocycles. The van der Waals surface area contributed by atoms with Gasteiger partial charge in [0.05, 0.1) is 5.56 Å². The molecule has 2 aromatic rings. The predicted molar refractivity (Wildman–Crippen MR) is 107 cm³/mol. The van der Waals surface area contributed by atoms with Crippen molar-refractivity contribution in [2.24, 2.45) is 0 Å². The fraction of sp³-hybridized carbons (Fsp3) is 0.381. The van der Waals surface area contributed by atoms with E-state index in [0.29, 0.717) is 29.9 Å². The van der Waals surface area contributed by atoms with Crippen LogP contribution in [-0.2, 0) is 0 Å². The molecule has 6 nitrogen and oxygen atoms in total. The maximum Gasteiger partial charge on any atom is 0.259 e. The van der Waals surface area contributed by atoms with Gasteiger partial charge in [-0.25, -0.2) is 4.98 Å². The van der Waals surface area contributed by atoms with Crippen LogP contribution in [0.1, 0.15) is 47.4 Å². The Labute approximate surface area is 160 Å². The molecule has 1 aromatic heterocycles. The van der Waals surface area contributed by atoms with Gasteiger partial charge in [-0.05, 0) is 63.1 Å². The minimum absolute atomic E-state index is 0.00135. The van der Waals surface area contributed by atoms with Crippen molar-refractivity contribution < 1.29 is 9.59 Å². The van der Waals surface area contributed by atoms with E-state index in [0.717, 1.165) is 31.7 Å². The molecule has 1 saturated heterocycles. The number of nitrogens with zero attached hydrogens (tertiary/aromatic N) is 3. The molecular formula is C21H26N4O2. The van der Waals surface area contributed by atoms with Gasteiger partial charge in [0.2, 0.25) is 0 Å². The maximum absolute atomic E-state index is 12.8. The van der Waals surface area contributed by atoms with Crippen LogP contribution in [0.4, 0.5) is 11.5 Å². The lowest BCUT2D eigenvalue weighted by Crippen LogP contribution is -2.30. The molecule has 0 radical (unpaired) electrons. The first-order chi connectivity index (χ1) is 13.1. The summed E-state index contributed by atoms with van der Waals surface area (Å²) in [5.74, 6) is 0.551. The van der Waals surface area contributed by atoms with Crippen molar-refractivity contribution in [3.63, 3.8) is 0 Å². The van der Waals surface area contributed by atoms with Crippen molar-refractivity contribution in [3.8, 4) is 0 Å². The lowest BCUT2D eigenvalue weighted by Gasteiger charge is -2.20. The van der Waals surface area contributed by atoms with Gasteiger partial charge >= 0.3 is 0 Å². The Bertz CT molecular complexity index is 794. The Morgan fingerprint density at radius 2 is 1.74 bits per heavy atom. The van der Waals surface area contributed by atoms with Gasteiger partial charge in [0.25, 0.3) is 11.8 Å². The molecule has 27 heavy (non-hydrogen) atoms. The van der Waals surface area contributed by atoms with E-state index in [9.17, 15) is 9.59 Å². The van der Waals surface area contributed by atoms with E-state index in [-0.39, 0.29) is 11.8 Å². The van der Waals surface area contributed by atoms with Crippen molar-refractivity contribution in [1.82, 2.24) is 9.88 Å². The maximum atomic E-state index is 12.8. The summed E-state index contributed by atoms with van der Waals surface area (Å²) in [5.41, 5.74) is 1.85. The standard InChI is InChI=1S/C21H26N4O2/c1-3-24(4-2)21(27)16-9-11-17(12-10-16)23-20(26)18-8-7-13-22-19(18)25-14-5-6-15-25/h7-13H,3-6,14-15H2,1-2H3,(H,23,26). The fourth-order valence-electron chi connectivity index (χ4n) is 3.34. The number of carbonyl (C=O) groups is 2. The molecule has 0 atom stereocenters. The topological polar surface area (TPSA) is 65.5 Å². The number of hydrogen-bond acceptors (Lipinski definition) is 4. The van der Waals surface area contributed by atoms with Gasteiger partial charge in [0.15, 0.2) is 0 Å². The van der Waals surface area contributed by atoms with E-state index in [2.05, 4.69) is 15.2 Å². The Balaban J connectivity index is 1.73. The van der Waals surface area contributed by atoms with Crippen LogP contribution in [0.15, 0.2) is 42.6 Å². The summed E-state index contributed by atoms with van der Waals surface area (Å²) in [6.07, 6.45) is 3.97. The molecule has 1 aromatic carbocycles. The number of rotatable bonds is 6. The molecule has 0 spiro atoms. The molecule has 0 unspecified atom stereocenters. The highest BCUT2D eigenvalue weighted by atomic mass is 16.2. The van der Waals surface area contributed by atoms with E-state index < -0.39 is 0 Å². The summed E-state index contributed by atoms with van der Waals surface area (Å²) in [4.78, 5) is 33.5. The second-order valence-electron chi connectivity index (χ2n) is 6.58. The zero-order valence-corrected chi connectivity index (χ0v) is 15.9. The van der Waals surface area contributed by atoms with Gasteiger partial charge in [-0.3, -0.25) is 9.59 Å². The first-order valence-corrected chi connectivity index (χ1v) is 9.54. The van der Waals surface area contributed by atoms with E-state index >= 15 is 0 Å². The molecule has 1 fully saturated rings. The first-order valence-electron chi connectivity index (χ1n) is 9.54. The summed E-state index contributed by atoms with van der Waals surface area (Å²) < 4.78 is 0. The highest BCUT2D eigenvalue weighted by Crippen LogP contribution is 2.23. The van der Waals surface area contributed by atoms with E-state index in [1.54, 1.807) is 47.5 Å². The first kappa shape index (κ1) is 18.9. The third kappa shape index (κ3) is 4.27. The average molecular weight is 366 g/mol. The number of anilines is 2. The molecule has 2 heterocycles. The van der Waals surface area contributed by atoms with Gasteiger partial charge in [-0.15, -0.1) is 0 Å². The largest absolute Gasteiger partial charge is 0.356 e. The smallest absolute Gasteiger partial charge is 0.259 e. The van der Waals surface area contributed by atoms with Crippen LogP contribution in [0.25, 0.3) is 0 Å². The number of nitrogens with one attached hydrogen (secondary N) is 1. The van der Waals surface area contributed by atoms with Crippen LogP contribution in [0.2, 0.25) is 0 Å². The van der Waals surface area contributed by atoms with Crippen molar-refractivity contribution in [2.45, 2.75) is 26.7 Å². The lowest BCUT2D eigenvalue weighted by atomic mass is 10.1. The average Bonchev–Trinajstić information content (AvgIpc) is 3.24. The number of aromatic nitrogens is 1. The molecule has 0 bridgehead atoms. The highest BCUT2D eigenvalue weighted by Gasteiger charge is 2.20. The molecule has 3 rings (SSSR count). The SMILES string of the molecule is CCN(CC)C(=O)c1ccc(NC(=O)c2cccnc2N2CCCC2)cc1. The summed E-state index contributed by atoms with van der Waals surface area (Å²) in [6.45, 7) is 7.13. The third-order valence-corrected chi connectivity index (χ3v) is 4.88. The van der Waals surface area contributed by atoms with Gasteiger partial charge in [0, 0.05) is 43.6 Å². The summed E-state index contributed by atoms with van der Waals surface area (Å²) in [5, 5.41) is 2.91. The van der Waals surface area contributed by atoms with Crippen molar-refractivity contribution in [2.75, 3.05) is 36.4 Å². The molecule has 2 amide bonds. The van der Waals surface area contributed by atoms with Crippen LogP contribution >= 0.6 is 0 Å². The zero-order valence-electron chi connectivity index (χ0n) is 15.9. The molecule has 6 heteroatoms. The second kappa shape index (κ2) is 8.66. The molecular weight excluding hydrogens is 340 g/mol. The summed E-state index contributed by atoms with van der Waals surface area (Å²) >= 11 is 0. The Morgan fingerprint density at radius 3 is 2.37 bits per heavy atom. The quantitative estimate of drug-likeness (QED) is 0.851. The number of amides is 2. The predicted octanol–water partition coefficient (Wildman–Crippen LogP) is 3.42. The zero-order chi connectivity index (χ0) is 19.2. The van der Waals surface area contributed by atoms with Gasteiger partial charge in [-0.2, -0.15) is 0 Å². The van der Waals surface area contributed by atoms with Crippen molar-refractivity contribution >= 4 is 23.3 Å². The lowest BCUT2D eigenvalue weighted by molar-refractivity contribution is 0.0773. The summed E-state index contributed by atoms with van der Waals surface area (Å²) in [7, 11) is 0. The van der Waals surface area contributed by atoms with Crippen LogP contribution in [0, 0.1) is 0 Å². The fourth-order valence-corrected chi connectivity index (χ4v) is 3.34. The van der Waals surface area contributed by atoms with Crippen molar-refractivity contribution in [3.05, 3.63) is 53.7 Å².